The van der Waals surface area contributed by atoms with Crippen LogP contribution in [0.1, 0.15) is 44.1 Å². The molecule has 156 valence electrons. The van der Waals surface area contributed by atoms with Crippen LogP contribution < -0.4 is 0 Å². The number of aliphatic carboxylic acids is 1. The highest BCUT2D eigenvalue weighted by molar-refractivity contribution is 5.75. The van der Waals surface area contributed by atoms with E-state index >= 15 is 0 Å². The van der Waals surface area contributed by atoms with Crippen molar-refractivity contribution >= 4 is 5.97 Å². The Morgan fingerprint density at radius 3 is 2.79 bits per heavy atom. The van der Waals surface area contributed by atoms with Crippen LogP contribution in [0.4, 0.5) is 4.39 Å². The van der Waals surface area contributed by atoms with E-state index in [-0.39, 0.29) is 12.2 Å². The standard InChI is InChI=1S/C23H27FO5/c24-20-14-6-9-17(16-20)8-2-1-3-10-18-12-7-13-19(18)11-4-5-15-21(25)23(28,29)22(26)27/h3-6,9-10,14,16,18-19,21,25,28-29H,1,7,11-13,15H2,(H,26,27)/b5-4-,10-3+/t18-,19-,21?/m0/s1. The third-order valence-corrected chi connectivity index (χ3v) is 5.12. The molecule has 1 saturated carbocycles. The maximum absolute atomic E-state index is 13.1. The minimum absolute atomic E-state index is 0.151. The molecule has 1 aromatic carbocycles. The summed E-state index contributed by atoms with van der Waals surface area (Å²) >= 11 is 0. The second-order valence-electron chi connectivity index (χ2n) is 7.29. The van der Waals surface area contributed by atoms with Crippen LogP contribution in [0.25, 0.3) is 0 Å². The number of hydrogen-bond acceptors (Lipinski definition) is 4. The van der Waals surface area contributed by atoms with Crippen molar-refractivity contribution in [3.63, 3.8) is 0 Å². The average molecular weight is 402 g/mol. The molecule has 0 saturated heterocycles. The van der Waals surface area contributed by atoms with Crippen LogP contribution in [0.2, 0.25) is 0 Å². The van der Waals surface area contributed by atoms with Crippen molar-refractivity contribution in [2.75, 3.05) is 0 Å². The summed E-state index contributed by atoms with van der Waals surface area (Å²) < 4.78 is 13.1. The van der Waals surface area contributed by atoms with Gasteiger partial charge in [0.15, 0.2) is 0 Å². The van der Waals surface area contributed by atoms with Crippen LogP contribution in [-0.4, -0.2) is 38.3 Å². The smallest absolute Gasteiger partial charge is 0.366 e. The molecule has 29 heavy (non-hydrogen) atoms. The van der Waals surface area contributed by atoms with Crippen LogP contribution in [0, 0.1) is 29.5 Å². The zero-order valence-corrected chi connectivity index (χ0v) is 16.2. The Bertz CT molecular complexity index is 803. The average Bonchev–Trinajstić information content (AvgIpc) is 3.12. The van der Waals surface area contributed by atoms with Gasteiger partial charge in [-0.2, -0.15) is 0 Å². The fourth-order valence-electron chi connectivity index (χ4n) is 3.44. The van der Waals surface area contributed by atoms with Crippen molar-refractivity contribution < 1.29 is 29.6 Å². The Balaban J connectivity index is 1.78. The molecule has 0 spiro atoms. The highest BCUT2D eigenvalue weighted by Gasteiger charge is 2.40. The summed E-state index contributed by atoms with van der Waals surface area (Å²) in [6.45, 7) is 0. The number of carboxylic acid groups (broad SMARTS) is 1. The van der Waals surface area contributed by atoms with Gasteiger partial charge in [0, 0.05) is 12.0 Å². The number of aliphatic hydroxyl groups excluding tert-OH is 1. The van der Waals surface area contributed by atoms with E-state index in [1.807, 2.05) is 12.2 Å². The van der Waals surface area contributed by atoms with Gasteiger partial charge in [-0.15, -0.1) is 0 Å². The highest BCUT2D eigenvalue weighted by Crippen LogP contribution is 2.35. The highest BCUT2D eigenvalue weighted by atomic mass is 19.1. The molecule has 1 aliphatic carbocycles. The lowest BCUT2D eigenvalue weighted by atomic mass is 9.92. The number of benzene rings is 1. The molecule has 4 N–H and O–H groups in total. The lowest BCUT2D eigenvalue weighted by Crippen LogP contribution is -2.49. The molecule has 5 nitrogen and oxygen atoms in total. The van der Waals surface area contributed by atoms with Gasteiger partial charge in [0.05, 0.1) is 0 Å². The fraction of sp³-hybridized carbons (Fsp3) is 0.435. The summed E-state index contributed by atoms with van der Waals surface area (Å²) in [5.41, 5.74) is 0.655. The van der Waals surface area contributed by atoms with E-state index < -0.39 is 17.9 Å². The van der Waals surface area contributed by atoms with Gasteiger partial charge < -0.3 is 20.4 Å². The van der Waals surface area contributed by atoms with Crippen molar-refractivity contribution in [3.05, 3.63) is 60.0 Å². The number of allylic oxidation sites excluding steroid dienone is 3. The predicted octanol–water partition coefficient (Wildman–Crippen LogP) is 3.00. The van der Waals surface area contributed by atoms with Crippen molar-refractivity contribution in [2.24, 2.45) is 11.8 Å². The first kappa shape index (κ1) is 22.8. The molecule has 0 bridgehead atoms. The first-order valence-electron chi connectivity index (χ1n) is 9.73. The molecule has 0 aliphatic heterocycles. The second kappa shape index (κ2) is 10.9. The Morgan fingerprint density at radius 2 is 2.07 bits per heavy atom. The van der Waals surface area contributed by atoms with Gasteiger partial charge in [-0.1, -0.05) is 48.6 Å². The van der Waals surface area contributed by atoms with E-state index in [0.29, 0.717) is 23.8 Å². The zero-order valence-electron chi connectivity index (χ0n) is 16.2. The summed E-state index contributed by atoms with van der Waals surface area (Å²) in [5.74, 6) is 1.51. The number of halogens is 1. The van der Waals surface area contributed by atoms with Crippen molar-refractivity contribution in [1.29, 1.82) is 0 Å². The Labute approximate surface area is 170 Å². The third kappa shape index (κ3) is 7.13. The van der Waals surface area contributed by atoms with Crippen LogP contribution in [0.15, 0.2) is 48.6 Å². The van der Waals surface area contributed by atoms with Gasteiger partial charge in [-0.05, 0) is 55.7 Å². The topological polar surface area (TPSA) is 98.0 Å². The molecule has 1 aromatic rings. The van der Waals surface area contributed by atoms with E-state index in [1.54, 1.807) is 18.2 Å². The molecular formula is C23H27FO5. The summed E-state index contributed by atoms with van der Waals surface area (Å²) in [7, 11) is 0. The fourth-order valence-corrected chi connectivity index (χ4v) is 3.44. The van der Waals surface area contributed by atoms with Gasteiger partial charge in [0.2, 0.25) is 0 Å². The molecule has 3 atom stereocenters. The van der Waals surface area contributed by atoms with Gasteiger partial charge in [0.1, 0.15) is 11.9 Å². The van der Waals surface area contributed by atoms with Gasteiger partial charge >= 0.3 is 5.97 Å². The third-order valence-electron chi connectivity index (χ3n) is 5.12. The molecule has 0 aromatic heterocycles. The van der Waals surface area contributed by atoms with Crippen LogP contribution >= 0.6 is 0 Å². The molecular weight excluding hydrogens is 375 g/mol. The number of carbonyl (C=O) groups is 1. The van der Waals surface area contributed by atoms with Crippen molar-refractivity contribution in [2.45, 2.75) is 50.4 Å². The first-order valence-corrected chi connectivity index (χ1v) is 9.73. The van der Waals surface area contributed by atoms with Crippen molar-refractivity contribution in [1.82, 2.24) is 0 Å². The summed E-state index contributed by atoms with van der Waals surface area (Å²) in [5, 5.41) is 36.8. The Kier molecular flexibility index (Phi) is 8.59. The maximum atomic E-state index is 13.1. The number of aliphatic hydroxyl groups is 3. The molecule has 0 amide bonds. The minimum atomic E-state index is -3.14. The van der Waals surface area contributed by atoms with E-state index in [1.165, 1.54) is 12.1 Å². The van der Waals surface area contributed by atoms with Gasteiger partial charge in [-0.25, -0.2) is 9.18 Å². The molecule has 0 heterocycles. The molecule has 1 unspecified atom stereocenters. The van der Waals surface area contributed by atoms with Crippen LogP contribution in [0.3, 0.4) is 0 Å². The lowest BCUT2D eigenvalue weighted by molar-refractivity contribution is -0.235. The van der Waals surface area contributed by atoms with Gasteiger partial charge in [-0.3, -0.25) is 0 Å². The monoisotopic (exact) mass is 402 g/mol. The predicted molar refractivity (Wildman–Crippen MR) is 107 cm³/mol. The van der Waals surface area contributed by atoms with Gasteiger partial charge in [0.25, 0.3) is 5.79 Å². The Hall–Kier alpha value is -2.46. The molecule has 6 heteroatoms. The number of rotatable bonds is 8. The van der Waals surface area contributed by atoms with E-state index in [2.05, 4.69) is 17.9 Å². The summed E-state index contributed by atoms with van der Waals surface area (Å²) in [6, 6.07) is 6.19. The van der Waals surface area contributed by atoms with Crippen molar-refractivity contribution in [3.8, 4) is 11.8 Å². The van der Waals surface area contributed by atoms with Crippen LogP contribution in [0.5, 0.6) is 0 Å². The normalized spacial score (nSPS) is 20.7. The Morgan fingerprint density at radius 1 is 1.28 bits per heavy atom. The number of hydrogen-bond donors (Lipinski definition) is 4. The summed E-state index contributed by atoms with van der Waals surface area (Å²) in [4.78, 5) is 10.7. The van der Waals surface area contributed by atoms with E-state index in [4.69, 9.17) is 5.11 Å². The molecule has 2 rings (SSSR count). The molecule has 1 fully saturated rings. The number of carboxylic acids is 1. The largest absolute Gasteiger partial charge is 0.477 e. The lowest BCUT2D eigenvalue weighted by Gasteiger charge is -2.21. The second-order valence-corrected chi connectivity index (χ2v) is 7.29. The van der Waals surface area contributed by atoms with Crippen LogP contribution in [-0.2, 0) is 4.79 Å². The first-order chi connectivity index (χ1) is 13.8. The SMILES string of the molecule is O=C(O)C(O)(O)C(O)C/C=C\C[C@H]1CCC[C@@H]1/C=C/CC#Cc1cccc(F)c1. The molecule has 1 aliphatic rings. The van der Waals surface area contributed by atoms with E-state index in [0.717, 1.165) is 25.7 Å². The quantitative estimate of drug-likeness (QED) is 0.304. The maximum Gasteiger partial charge on any atom is 0.366 e. The van der Waals surface area contributed by atoms with E-state index in [9.17, 15) is 24.5 Å². The zero-order chi connectivity index (χ0) is 21.3. The molecule has 0 radical (unpaired) electrons. The minimum Gasteiger partial charge on any atom is -0.477 e. The summed E-state index contributed by atoms with van der Waals surface area (Å²) in [6.07, 6.45) is 10.3.